The molecule has 0 aliphatic rings. The Labute approximate surface area is 113 Å². The first-order valence-corrected chi connectivity index (χ1v) is 9.44. The van der Waals surface area contributed by atoms with E-state index in [9.17, 15) is 0 Å². The van der Waals surface area contributed by atoms with Gasteiger partial charge in [0.25, 0.3) is 0 Å². The molecule has 0 aliphatic carbocycles. The van der Waals surface area contributed by atoms with E-state index in [2.05, 4.69) is 27.3 Å². The van der Waals surface area contributed by atoms with Crippen molar-refractivity contribution in [3.8, 4) is 0 Å². The van der Waals surface area contributed by atoms with Gasteiger partial charge in [-0.3, -0.25) is 0 Å². The zero-order valence-corrected chi connectivity index (χ0v) is 13.4. The van der Waals surface area contributed by atoms with Crippen molar-refractivity contribution in [2.75, 3.05) is 13.2 Å². The van der Waals surface area contributed by atoms with Gasteiger partial charge in [0.15, 0.2) is 0 Å². The van der Waals surface area contributed by atoms with Gasteiger partial charge in [-0.1, -0.05) is 40.0 Å². The predicted octanol–water partition coefficient (Wildman–Crippen LogP) is 4.00. The van der Waals surface area contributed by atoms with Gasteiger partial charge < -0.3 is 8.85 Å². The maximum atomic E-state index is 8.35. The highest BCUT2D eigenvalue weighted by molar-refractivity contribution is 6.66. The van der Waals surface area contributed by atoms with Crippen molar-refractivity contribution in [1.29, 1.82) is 5.41 Å². The standard InChI is InChI=1S/C12H28O2Si.CHNO/c1-5-8-10-13-15(4,12-7-3)14-11-9-6-2;2-1-3/h5-12H2,1-4H3;2H. The van der Waals surface area contributed by atoms with Crippen LogP contribution in [-0.2, 0) is 13.6 Å². The predicted molar refractivity (Wildman–Crippen MR) is 76.8 cm³/mol. The second kappa shape index (κ2) is 14.6. The van der Waals surface area contributed by atoms with Crippen molar-refractivity contribution in [1.82, 2.24) is 0 Å². The van der Waals surface area contributed by atoms with Crippen LogP contribution >= 0.6 is 0 Å². The summed E-state index contributed by atoms with van der Waals surface area (Å²) >= 11 is 0. The van der Waals surface area contributed by atoms with Crippen LogP contribution in [0.1, 0.15) is 52.9 Å². The fourth-order valence-electron chi connectivity index (χ4n) is 1.50. The van der Waals surface area contributed by atoms with Gasteiger partial charge in [0.05, 0.1) is 0 Å². The molecule has 0 fully saturated rings. The number of rotatable bonds is 10. The number of hydrogen-bond donors (Lipinski definition) is 1. The highest BCUT2D eigenvalue weighted by Crippen LogP contribution is 2.16. The summed E-state index contributed by atoms with van der Waals surface area (Å²) in [7, 11) is -1.82. The second-order valence-electron chi connectivity index (χ2n) is 4.39. The lowest BCUT2D eigenvalue weighted by Gasteiger charge is -2.26. The van der Waals surface area contributed by atoms with E-state index >= 15 is 0 Å². The van der Waals surface area contributed by atoms with Gasteiger partial charge in [0.2, 0.25) is 6.08 Å². The molecule has 0 bridgehead atoms. The van der Waals surface area contributed by atoms with Crippen LogP contribution in [0.2, 0.25) is 12.6 Å². The minimum atomic E-state index is -1.82. The highest BCUT2D eigenvalue weighted by Gasteiger charge is 2.29. The molecule has 0 aromatic heterocycles. The minimum absolute atomic E-state index is 0.750. The molecule has 1 N–H and O–H groups in total. The molecule has 0 unspecified atom stereocenters. The van der Waals surface area contributed by atoms with E-state index in [-0.39, 0.29) is 0 Å². The molecule has 0 radical (unpaired) electrons. The molecular formula is C13H29NO3Si. The van der Waals surface area contributed by atoms with Gasteiger partial charge in [-0.05, 0) is 25.4 Å². The molecule has 0 saturated heterocycles. The number of nitrogens with one attached hydrogen (secondary N) is 1. The zero-order chi connectivity index (χ0) is 14.3. The third-order valence-corrected chi connectivity index (χ3v) is 5.55. The van der Waals surface area contributed by atoms with Crippen molar-refractivity contribution < 1.29 is 13.6 Å². The molecule has 0 amide bonds. The summed E-state index contributed by atoms with van der Waals surface area (Å²) < 4.78 is 11.9. The van der Waals surface area contributed by atoms with Gasteiger partial charge in [0, 0.05) is 13.2 Å². The van der Waals surface area contributed by atoms with Gasteiger partial charge in [-0.2, -0.15) is 0 Å². The number of hydrogen-bond acceptors (Lipinski definition) is 4. The summed E-state index contributed by atoms with van der Waals surface area (Å²) in [6.07, 6.45) is 6.63. The molecule has 0 aromatic carbocycles. The van der Waals surface area contributed by atoms with Crippen LogP contribution < -0.4 is 0 Å². The fraction of sp³-hybridized carbons (Fsp3) is 0.923. The van der Waals surface area contributed by atoms with Crippen LogP contribution in [0.3, 0.4) is 0 Å². The van der Waals surface area contributed by atoms with E-state index in [1.165, 1.54) is 19.3 Å². The average Bonchev–Trinajstić information content (AvgIpc) is 2.31. The lowest BCUT2D eigenvalue weighted by atomic mass is 10.4. The molecule has 5 heteroatoms. The van der Waals surface area contributed by atoms with Gasteiger partial charge in [-0.25, -0.2) is 10.2 Å². The van der Waals surface area contributed by atoms with E-state index in [1.807, 2.05) is 0 Å². The zero-order valence-electron chi connectivity index (χ0n) is 12.4. The SMILES string of the molecule is CCCCO[Si](C)(CCC)OCCCC.N=C=O. The monoisotopic (exact) mass is 275 g/mol. The minimum Gasteiger partial charge on any atom is -0.394 e. The highest BCUT2D eigenvalue weighted by atomic mass is 28.4. The Morgan fingerprint density at radius 1 is 1.00 bits per heavy atom. The lowest BCUT2D eigenvalue weighted by Crippen LogP contribution is -2.39. The molecule has 0 saturated carbocycles. The summed E-state index contributed by atoms with van der Waals surface area (Å²) in [6.45, 7) is 10.6. The molecule has 0 rings (SSSR count). The maximum absolute atomic E-state index is 8.35. The first-order chi connectivity index (χ1) is 8.60. The van der Waals surface area contributed by atoms with E-state index in [1.54, 1.807) is 0 Å². The van der Waals surface area contributed by atoms with Crippen LogP contribution in [0.4, 0.5) is 0 Å². The molecule has 0 atom stereocenters. The van der Waals surface area contributed by atoms with Crippen molar-refractivity contribution in [2.24, 2.45) is 0 Å². The Kier molecular flexibility index (Phi) is 16.1. The normalized spacial score (nSPS) is 10.4. The number of carbonyl (C=O) groups excluding carboxylic acids is 1. The molecule has 18 heavy (non-hydrogen) atoms. The molecular weight excluding hydrogens is 246 g/mol. The molecule has 0 aliphatic heterocycles. The van der Waals surface area contributed by atoms with Crippen molar-refractivity contribution in [3.63, 3.8) is 0 Å². The van der Waals surface area contributed by atoms with Crippen molar-refractivity contribution >= 4 is 14.6 Å². The van der Waals surface area contributed by atoms with Gasteiger partial charge in [-0.15, -0.1) is 0 Å². The van der Waals surface area contributed by atoms with Crippen LogP contribution in [0.25, 0.3) is 0 Å². The van der Waals surface area contributed by atoms with Crippen LogP contribution in [0.5, 0.6) is 0 Å². The first-order valence-electron chi connectivity index (χ1n) is 6.91. The van der Waals surface area contributed by atoms with E-state index < -0.39 is 8.56 Å². The Bertz CT molecular complexity index is 196. The molecule has 108 valence electrons. The smallest absolute Gasteiger partial charge is 0.334 e. The van der Waals surface area contributed by atoms with Crippen LogP contribution in [0.15, 0.2) is 0 Å². The van der Waals surface area contributed by atoms with E-state index in [0.29, 0.717) is 0 Å². The van der Waals surface area contributed by atoms with Crippen LogP contribution in [-0.4, -0.2) is 27.9 Å². The number of isocyanates is 1. The first kappa shape index (κ1) is 19.8. The third kappa shape index (κ3) is 13.6. The maximum Gasteiger partial charge on any atom is 0.334 e. The van der Waals surface area contributed by atoms with E-state index in [4.69, 9.17) is 19.1 Å². The fourth-order valence-corrected chi connectivity index (χ4v) is 3.94. The molecule has 0 heterocycles. The summed E-state index contributed by atoms with van der Waals surface area (Å²) in [6, 6.07) is 1.13. The third-order valence-electron chi connectivity index (χ3n) is 2.51. The summed E-state index contributed by atoms with van der Waals surface area (Å²) in [5.74, 6) is 0. The Morgan fingerprint density at radius 2 is 1.39 bits per heavy atom. The van der Waals surface area contributed by atoms with E-state index in [0.717, 1.165) is 38.2 Å². The average molecular weight is 275 g/mol. The molecule has 4 nitrogen and oxygen atoms in total. The van der Waals surface area contributed by atoms with Crippen molar-refractivity contribution in [2.45, 2.75) is 65.5 Å². The molecule has 0 spiro atoms. The largest absolute Gasteiger partial charge is 0.394 e. The van der Waals surface area contributed by atoms with Crippen molar-refractivity contribution in [3.05, 3.63) is 0 Å². The second-order valence-corrected chi connectivity index (χ2v) is 7.73. The number of unbranched alkanes of at least 4 members (excludes halogenated alkanes) is 2. The Balaban J connectivity index is 0. The quantitative estimate of drug-likeness (QED) is 0.284. The lowest BCUT2D eigenvalue weighted by molar-refractivity contribution is 0.168. The topological polar surface area (TPSA) is 59.4 Å². The summed E-state index contributed by atoms with van der Waals surface area (Å²) in [5, 5.41) is 5.40. The van der Waals surface area contributed by atoms with Gasteiger partial charge >= 0.3 is 8.56 Å². The Morgan fingerprint density at radius 3 is 1.67 bits per heavy atom. The summed E-state index contributed by atoms with van der Waals surface area (Å²) in [5.41, 5.74) is 0. The summed E-state index contributed by atoms with van der Waals surface area (Å²) in [4.78, 5) is 8.35. The van der Waals surface area contributed by atoms with Gasteiger partial charge in [0.1, 0.15) is 0 Å². The Hall–Kier alpha value is -0.483. The molecule has 0 aromatic rings. The van der Waals surface area contributed by atoms with Crippen LogP contribution in [0, 0.1) is 5.41 Å².